The predicted octanol–water partition coefficient (Wildman–Crippen LogP) is 4.37. The predicted molar refractivity (Wildman–Crippen MR) is 99.9 cm³/mol. The number of nitro groups is 1. The van der Waals surface area contributed by atoms with E-state index in [1.54, 1.807) is 30.3 Å². The van der Waals surface area contributed by atoms with Crippen molar-refractivity contribution in [3.63, 3.8) is 0 Å². The Morgan fingerprint density at radius 1 is 1.24 bits per heavy atom. The van der Waals surface area contributed by atoms with Crippen LogP contribution in [0.4, 0.5) is 10.1 Å². The van der Waals surface area contributed by atoms with E-state index in [0.717, 1.165) is 11.8 Å². The molecule has 9 heteroatoms. The largest absolute Gasteiger partial charge is 0.307 e. The number of hydrogen-bond acceptors (Lipinski definition) is 6. The number of nitrogens with zero attached hydrogens (tertiary/aromatic N) is 1. The first kappa shape index (κ1) is 17.6. The van der Waals surface area contributed by atoms with Crippen molar-refractivity contribution < 1.29 is 14.1 Å². The Kier molecular flexibility index (Phi) is 5.16. The zero-order chi connectivity index (χ0) is 18.0. The van der Waals surface area contributed by atoms with E-state index in [1.807, 2.05) is 0 Å². The standard InChI is InChI=1S/C16H9FN2O3S3/c17-10-2-4-11(5-3-10)24-13-6-1-9(7-12(13)19(21)22)8-14-15(20)18-16(23)25-14/h1-8H,(H,18,20,23)/b14-8-. The van der Waals surface area contributed by atoms with Gasteiger partial charge in [0.25, 0.3) is 11.6 Å². The van der Waals surface area contributed by atoms with E-state index in [4.69, 9.17) is 12.2 Å². The zero-order valence-electron chi connectivity index (χ0n) is 12.4. The van der Waals surface area contributed by atoms with Crippen molar-refractivity contribution in [2.45, 2.75) is 9.79 Å². The first-order valence-corrected chi connectivity index (χ1v) is 8.93. The number of hydrogen-bond donors (Lipinski definition) is 1. The van der Waals surface area contributed by atoms with Gasteiger partial charge in [-0.15, -0.1) is 0 Å². The highest BCUT2D eigenvalue weighted by Gasteiger charge is 2.23. The molecule has 5 nitrogen and oxygen atoms in total. The maximum absolute atomic E-state index is 13.0. The summed E-state index contributed by atoms with van der Waals surface area (Å²) in [7, 11) is 0. The van der Waals surface area contributed by atoms with Crippen LogP contribution in [0.3, 0.4) is 0 Å². The van der Waals surface area contributed by atoms with Gasteiger partial charge in [0.2, 0.25) is 0 Å². The third-order valence-electron chi connectivity index (χ3n) is 3.16. The Bertz CT molecular complexity index is 913. The number of amides is 1. The summed E-state index contributed by atoms with van der Waals surface area (Å²) in [4.78, 5) is 24.1. The van der Waals surface area contributed by atoms with E-state index < -0.39 is 4.92 Å². The third kappa shape index (κ3) is 4.25. The van der Waals surface area contributed by atoms with Gasteiger partial charge in [0.05, 0.1) is 14.7 Å². The molecule has 1 fully saturated rings. The van der Waals surface area contributed by atoms with Crippen molar-refractivity contribution in [1.82, 2.24) is 5.32 Å². The molecule has 0 bridgehead atoms. The van der Waals surface area contributed by atoms with Crippen molar-refractivity contribution in [2.24, 2.45) is 0 Å². The molecule has 1 saturated heterocycles. The van der Waals surface area contributed by atoms with Gasteiger partial charge in [0.15, 0.2) is 0 Å². The van der Waals surface area contributed by atoms with Gasteiger partial charge in [-0.05, 0) is 42.0 Å². The van der Waals surface area contributed by atoms with E-state index in [-0.39, 0.29) is 17.4 Å². The Morgan fingerprint density at radius 2 is 1.96 bits per heavy atom. The Morgan fingerprint density at radius 3 is 2.56 bits per heavy atom. The molecule has 0 saturated carbocycles. The Labute approximate surface area is 155 Å². The van der Waals surface area contributed by atoms with Crippen LogP contribution >= 0.6 is 35.7 Å². The van der Waals surface area contributed by atoms with E-state index in [2.05, 4.69) is 5.32 Å². The topological polar surface area (TPSA) is 72.2 Å². The summed E-state index contributed by atoms with van der Waals surface area (Å²) in [5.41, 5.74) is 0.437. The molecule has 1 aliphatic heterocycles. The summed E-state index contributed by atoms with van der Waals surface area (Å²) in [6.07, 6.45) is 1.55. The SMILES string of the molecule is O=C1NC(=S)S/C1=C\c1ccc(Sc2ccc(F)cc2)c([N+](=O)[O-])c1. The molecule has 3 rings (SSSR count). The molecule has 1 heterocycles. The average Bonchev–Trinajstić information content (AvgIpc) is 2.88. The van der Waals surface area contributed by atoms with Crippen LogP contribution < -0.4 is 5.32 Å². The average molecular weight is 392 g/mol. The second kappa shape index (κ2) is 7.34. The van der Waals surface area contributed by atoms with E-state index in [1.165, 1.54) is 30.0 Å². The molecule has 0 radical (unpaired) electrons. The number of carbonyl (C=O) groups is 1. The molecule has 25 heavy (non-hydrogen) atoms. The molecular weight excluding hydrogens is 383 g/mol. The monoisotopic (exact) mass is 392 g/mol. The Hall–Kier alpha value is -2.23. The molecular formula is C16H9FN2O3S3. The van der Waals surface area contributed by atoms with Crippen LogP contribution in [0.15, 0.2) is 57.2 Å². The number of thiocarbonyl (C=S) groups is 1. The van der Waals surface area contributed by atoms with Gasteiger partial charge >= 0.3 is 0 Å². The van der Waals surface area contributed by atoms with E-state index in [0.29, 0.717) is 24.6 Å². The van der Waals surface area contributed by atoms with Crippen LogP contribution in [0.5, 0.6) is 0 Å². The summed E-state index contributed by atoms with van der Waals surface area (Å²) in [5.74, 6) is -0.687. The number of nitrogens with one attached hydrogen (secondary N) is 1. The molecule has 126 valence electrons. The van der Waals surface area contributed by atoms with Gasteiger partial charge in [-0.25, -0.2) is 4.39 Å². The lowest BCUT2D eigenvalue weighted by molar-refractivity contribution is -0.387. The molecule has 0 aliphatic carbocycles. The summed E-state index contributed by atoms with van der Waals surface area (Å²) in [6, 6.07) is 10.4. The first-order chi connectivity index (χ1) is 11.9. The lowest BCUT2D eigenvalue weighted by Gasteiger charge is -2.04. The minimum atomic E-state index is -0.486. The highest BCUT2D eigenvalue weighted by Crippen LogP contribution is 2.36. The van der Waals surface area contributed by atoms with Gasteiger partial charge in [0.1, 0.15) is 10.1 Å². The van der Waals surface area contributed by atoms with Crippen LogP contribution in [-0.2, 0) is 4.79 Å². The van der Waals surface area contributed by atoms with Crippen LogP contribution in [0, 0.1) is 15.9 Å². The third-order valence-corrected chi connectivity index (χ3v) is 5.40. The van der Waals surface area contributed by atoms with Crippen molar-refractivity contribution in [1.29, 1.82) is 0 Å². The molecule has 0 aromatic heterocycles. The second-order valence-corrected chi connectivity index (χ2v) is 7.73. The summed E-state index contributed by atoms with van der Waals surface area (Å²) < 4.78 is 13.3. The smallest absolute Gasteiger partial charge is 0.283 e. The molecule has 2 aromatic carbocycles. The molecule has 0 spiro atoms. The second-order valence-electron chi connectivity index (χ2n) is 4.89. The van der Waals surface area contributed by atoms with Crippen LogP contribution in [0.2, 0.25) is 0 Å². The fourth-order valence-electron chi connectivity index (χ4n) is 2.06. The summed E-state index contributed by atoms with van der Waals surface area (Å²) in [5, 5.41) is 13.9. The maximum atomic E-state index is 13.0. The Balaban J connectivity index is 1.92. The highest BCUT2D eigenvalue weighted by atomic mass is 32.2. The lowest BCUT2D eigenvalue weighted by atomic mass is 10.2. The lowest BCUT2D eigenvalue weighted by Crippen LogP contribution is -2.17. The van der Waals surface area contributed by atoms with Crippen molar-refractivity contribution >= 4 is 57.7 Å². The summed E-state index contributed by atoms with van der Waals surface area (Å²) in [6.45, 7) is 0. The van der Waals surface area contributed by atoms with Crippen LogP contribution in [0.25, 0.3) is 6.08 Å². The fraction of sp³-hybridized carbons (Fsp3) is 0. The molecule has 1 N–H and O–H groups in total. The molecule has 1 amide bonds. The van der Waals surface area contributed by atoms with Crippen molar-refractivity contribution in [2.75, 3.05) is 0 Å². The van der Waals surface area contributed by atoms with Gasteiger partial charge in [-0.3, -0.25) is 14.9 Å². The number of nitro benzene ring substituents is 1. The minimum absolute atomic E-state index is 0.0883. The molecule has 1 aliphatic rings. The normalized spacial score (nSPS) is 15.5. The van der Waals surface area contributed by atoms with Crippen LogP contribution in [0.1, 0.15) is 5.56 Å². The number of carbonyl (C=O) groups excluding carboxylic acids is 1. The van der Waals surface area contributed by atoms with E-state index in [9.17, 15) is 19.3 Å². The van der Waals surface area contributed by atoms with Gasteiger partial charge in [-0.2, -0.15) is 0 Å². The molecule has 0 unspecified atom stereocenters. The van der Waals surface area contributed by atoms with Gasteiger partial charge in [-0.1, -0.05) is 41.8 Å². The minimum Gasteiger partial charge on any atom is -0.307 e. The number of rotatable bonds is 4. The van der Waals surface area contributed by atoms with Gasteiger partial charge in [0, 0.05) is 11.0 Å². The number of thioether (sulfide) groups is 1. The quantitative estimate of drug-likeness (QED) is 0.360. The van der Waals surface area contributed by atoms with Crippen molar-refractivity contribution in [3.05, 3.63) is 68.9 Å². The number of benzene rings is 2. The highest BCUT2D eigenvalue weighted by molar-refractivity contribution is 8.26. The fourth-order valence-corrected chi connectivity index (χ4v) is 4.00. The maximum Gasteiger partial charge on any atom is 0.283 e. The van der Waals surface area contributed by atoms with Crippen LogP contribution in [-0.4, -0.2) is 15.2 Å². The van der Waals surface area contributed by atoms with Crippen molar-refractivity contribution in [3.8, 4) is 0 Å². The number of halogens is 1. The molecule has 2 aromatic rings. The molecule has 0 atom stereocenters. The summed E-state index contributed by atoms with van der Waals surface area (Å²) >= 11 is 7.19. The first-order valence-electron chi connectivity index (χ1n) is 6.89. The van der Waals surface area contributed by atoms with E-state index >= 15 is 0 Å². The zero-order valence-corrected chi connectivity index (χ0v) is 14.8. The van der Waals surface area contributed by atoms with Gasteiger partial charge < -0.3 is 5.32 Å².